The molecule has 2 unspecified atom stereocenters. The summed E-state index contributed by atoms with van der Waals surface area (Å²) in [4.78, 5) is 13.6. The van der Waals surface area contributed by atoms with Gasteiger partial charge in [-0.3, -0.25) is 9.69 Å². The van der Waals surface area contributed by atoms with Gasteiger partial charge in [0.15, 0.2) is 0 Å². The van der Waals surface area contributed by atoms with E-state index in [2.05, 4.69) is 25.7 Å². The highest BCUT2D eigenvalue weighted by Gasteiger charge is 2.41. The van der Waals surface area contributed by atoms with Gasteiger partial charge in [-0.05, 0) is 25.7 Å². The number of rotatable bonds is 5. The van der Waals surface area contributed by atoms with Crippen molar-refractivity contribution in [1.82, 2.24) is 4.90 Å². The van der Waals surface area contributed by atoms with Crippen LogP contribution in [0.5, 0.6) is 0 Å². The molecule has 0 amide bonds. The van der Waals surface area contributed by atoms with Crippen molar-refractivity contribution in [2.45, 2.75) is 52.2 Å². The monoisotopic (exact) mass is 243 g/mol. The molecule has 100 valence electrons. The van der Waals surface area contributed by atoms with Crippen LogP contribution >= 0.6 is 0 Å². The molecule has 1 aliphatic rings. The minimum absolute atomic E-state index is 0.176. The van der Waals surface area contributed by atoms with Crippen LogP contribution in [0, 0.1) is 5.92 Å². The van der Waals surface area contributed by atoms with Crippen molar-refractivity contribution in [1.29, 1.82) is 0 Å². The topological polar surface area (TPSA) is 49.8 Å². The van der Waals surface area contributed by atoms with Crippen LogP contribution in [0.4, 0.5) is 0 Å². The molecule has 1 heterocycles. The Kier molecular flexibility index (Phi) is 4.95. The van der Waals surface area contributed by atoms with Gasteiger partial charge in [-0.25, -0.2) is 0 Å². The average Bonchev–Trinajstić information content (AvgIpc) is 2.28. The Labute approximate surface area is 104 Å². The van der Waals surface area contributed by atoms with Gasteiger partial charge in [-0.15, -0.1) is 0 Å². The zero-order valence-corrected chi connectivity index (χ0v) is 11.4. The second-order valence-electron chi connectivity index (χ2n) is 5.52. The summed E-state index contributed by atoms with van der Waals surface area (Å²) >= 11 is 0. The summed E-state index contributed by atoms with van der Waals surface area (Å²) < 4.78 is 5.60. The van der Waals surface area contributed by atoms with Gasteiger partial charge in [0.25, 0.3) is 0 Å². The molecule has 0 radical (unpaired) electrons. The summed E-state index contributed by atoms with van der Waals surface area (Å²) in [5, 5.41) is 9.51. The quantitative estimate of drug-likeness (QED) is 0.802. The lowest BCUT2D eigenvalue weighted by atomic mass is 9.88. The molecule has 0 saturated carbocycles. The summed E-state index contributed by atoms with van der Waals surface area (Å²) in [6.07, 6.45) is 1.79. The second-order valence-corrected chi connectivity index (χ2v) is 5.52. The molecule has 4 nitrogen and oxygen atoms in total. The summed E-state index contributed by atoms with van der Waals surface area (Å²) in [6.45, 7) is 10.1. The first-order valence-electron chi connectivity index (χ1n) is 6.50. The van der Waals surface area contributed by atoms with Gasteiger partial charge in [-0.1, -0.05) is 20.8 Å². The fraction of sp³-hybridized carbons (Fsp3) is 0.923. The summed E-state index contributed by atoms with van der Waals surface area (Å²) in [7, 11) is 0. The van der Waals surface area contributed by atoms with E-state index < -0.39 is 11.5 Å². The van der Waals surface area contributed by atoms with Crippen LogP contribution in [0.2, 0.25) is 0 Å². The molecule has 1 aliphatic heterocycles. The first-order valence-corrected chi connectivity index (χ1v) is 6.50. The average molecular weight is 243 g/mol. The van der Waals surface area contributed by atoms with E-state index in [0.29, 0.717) is 25.5 Å². The molecule has 1 rings (SSSR count). The van der Waals surface area contributed by atoms with Crippen LogP contribution in [-0.2, 0) is 9.53 Å². The van der Waals surface area contributed by atoms with Crippen molar-refractivity contribution < 1.29 is 14.6 Å². The third-order valence-electron chi connectivity index (χ3n) is 3.56. The molecule has 0 spiro atoms. The van der Waals surface area contributed by atoms with Crippen LogP contribution in [0.15, 0.2) is 0 Å². The third kappa shape index (κ3) is 3.42. The number of morpholine rings is 1. The minimum atomic E-state index is -0.759. The summed E-state index contributed by atoms with van der Waals surface area (Å²) in [6, 6.07) is 0. The zero-order valence-electron chi connectivity index (χ0n) is 11.4. The van der Waals surface area contributed by atoms with E-state index in [-0.39, 0.29) is 6.10 Å². The van der Waals surface area contributed by atoms with Gasteiger partial charge in [0.1, 0.15) is 5.54 Å². The lowest BCUT2D eigenvalue weighted by molar-refractivity contribution is -0.157. The number of carboxylic acid groups (broad SMARTS) is 1. The third-order valence-corrected chi connectivity index (χ3v) is 3.56. The van der Waals surface area contributed by atoms with Crippen molar-refractivity contribution in [3.63, 3.8) is 0 Å². The van der Waals surface area contributed by atoms with E-state index in [1.54, 1.807) is 0 Å². The molecule has 2 atom stereocenters. The molecule has 1 N–H and O–H groups in total. The van der Waals surface area contributed by atoms with Crippen molar-refractivity contribution in [3.8, 4) is 0 Å². The van der Waals surface area contributed by atoms with Crippen LogP contribution in [-0.4, -0.2) is 47.3 Å². The molecule has 1 saturated heterocycles. The van der Waals surface area contributed by atoms with Crippen molar-refractivity contribution >= 4 is 5.97 Å². The van der Waals surface area contributed by atoms with Crippen LogP contribution in [0.3, 0.4) is 0 Å². The number of carbonyl (C=O) groups is 1. The maximum absolute atomic E-state index is 11.6. The fourth-order valence-electron chi connectivity index (χ4n) is 2.56. The predicted molar refractivity (Wildman–Crippen MR) is 67.1 cm³/mol. The Morgan fingerprint density at radius 1 is 1.59 bits per heavy atom. The maximum atomic E-state index is 11.6. The van der Waals surface area contributed by atoms with E-state index in [4.69, 9.17) is 4.74 Å². The molecular formula is C13H25NO3. The van der Waals surface area contributed by atoms with Gasteiger partial charge in [0.05, 0.1) is 12.7 Å². The second kappa shape index (κ2) is 5.83. The fourth-order valence-corrected chi connectivity index (χ4v) is 2.56. The van der Waals surface area contributed by atoms with E-state index in [9.17, 15) is 9.90 Å². The van der Waals surface area contributed by atoms with Crippen LogP contribution in [0.1, 0.15) is 40.5 Å². The number of carboxylic acids is 1. The van der Waals surface area contributed by atoms with Gasteiger partial charge in [-0.2, -0.15) is 0 Å². The largest absolute Gasteiger partial charge is 0.480 e. The molecule has 0 aromatic carbocycles. The van der Waals surface area contributed by atoms with Crippen LogP contribution in [0.25, 0.3) is 0 Å². The Hall–Kier alpha value is -0.610. The van der Waals surface area contributed by atoms with Crippen LogP contribution < -0.4 is 0 Å². The lowest BCUT2D eigenvalue weighted by Gasteiger charge is -2.43. The molecule has 0 aromatic rings. The van der Waals surface area contributed by atoms with E-state index in [1.165, 1.54) is 0 Å². The Bertz CT molecular complexity index is 267. The molecule has 1 fully saturated rings. The number of aliphatic carboxylic acids is 1. The van der Waals surface area contributed by atoms with Gasteiger partial charge in [0.2, 0.25) is 0 Å². The van der Waals surface area contributed by atoms with Crippen molar-refractivity contribution in [3.05, 3.63) is 0 Å². The van der Waals surface area contributed by atoms with E-state index in [0.717, 1.165) is 13.0 Å². The normalized spacial score (nSPS) is 25.8. The zero-order chi connectivity index (χ0) is 13.1. The minimum Gasteiger partial charge on any atom is -0.480 e. The highest BCUT2D eigenvalue weighted by molar-refractivity contribution is 5.78. The van der Waals surface area contributed by atoms with Gasteiger partial charge < -0.3 is 9.84 Å². The number of hydrogen-bond donors (Lipinski definition) is 1. The highest BCUT2D eigenvalue weighted by atomic mass is 16.5. The predicted octanol–water partition coefficient (Wildman–Crippen LogP) is 1.99. The molecular weight excluding hydrogens is 218 g/mol. The molecule has 4 heteroatoms. The smallest absolute Gasteiger partial charge is 0.323 e. The Morgan fingerprint density at radius 2 is 2.24 bits per heavy atom. The number of hydrogen-bond acceptors (Lipinski definition) is 3. The van der Waals surface area contributed by atoms with Crippen molar-refractivity contribution in [2.75, 3.05) is 19.7 Å². The van der Waals surface area contributed by atoms with Gasteiger partial charge in [0, 0.05) is 13.1 Å². The van der Waals surface area contributed by atoms with E-state index in [1.807, 2.05) is 6.92 Å². The molecule has 17 heavy (non-hydrogen) atoms. The SMILES string of the molecule is CCC1CN(C(C)(CC(C)C)C(=O)O)CCO1. The molecule has 0 aliphatic carbocycles. The standard InChI is InChI=1S/C13H25NO3/c1-5-11-9-14(6-7-17-11)13(4,12(15)16)8-10(2)3/h10-11H,5-9H2,1-4H3,(H,15,16). The Balaban J connectivity index is 2.79. The van der Waals surface area contributed by atoms with Crippen molar-refractivity contribution in [2.24, 2.45) is 5.92 Å². The molecule has 0 aromatic heterocycles. The first-order chi connectivity index (χ1) is 7.90. The van der Waals surface area contributed by atoms with E-state index >= 15 is 0 Å². The summed E-state index contributed by atoms with van der Waals surface area (Å²) in [5.41, 5.74) is -0.759. The number of ether oxygens (including phenoxy) is 1. The Morgan fingerprint density at radius 3 is 2.71 bits per heavy atom. The van der Waals surface area contributed by atoms with Gasteiger partial charge >= 0.3 is 5.97 Å². The lowest BCUT2D eigenvalue weighted by Crippen LogP contribution is -2.58. The summed E-state index contributed by atoms with van der Waals surface area (Å²) in [5.74, 6) is -0.345. The number of nitrogens with zero attached hydrogens (tertiary/aromatic N) is 1. The molecule has 0 bridgehead atoms. The first kappa shape index (κ1) is 14.5. The highest BCUT2D eigenvalue weighted by Crippen LogP contribution is 2.27. The maximum Gasteiger partial charge on any atom is 0.323 e.